The molecule has 0 saturated heterocycles. The van der Waals surface area contributed by atoms with Crippen LogP contribution < -0.4 is 11.1 Å². The minimum absolute atomic E-state index is 0.0560. The highest BCUT2D eigenvalue weighted by molar-refractivity contribution is 6.18. The molecule has 7 heteroatoms. The molecule has 1 aromatic carbocycles. The first kappa shape index (κ1) is 16.8. The maximum Gasteiger partial charge on any atom is 0.252 e. The van der Waals surface area contributed by atoms with E-state index in [0.717, 1.165) is 12.8 Å². The van der Waals surface area contributed by atoms with Crippen LogP contribution in [0.1, 0.15) is 36.5 Å². The summed E-state index contributed by atoms with van der Waals surface area (Å²) in [6, 6.07) is 4.29. The third-order valence-electron chi connectivity index (χ3n) is 5.29. The third-order valence-corrected chi connectivity index (χ3v) is 5.29. The molecule has 4 N–H and O–H groups in total. The molecular formula is C19H20F2N4O. The predicted octanol–water partition coefficient (Wildman–Crippen LogP) is 3.89. The second-order valence-corrected chi connectivity index (χ2v) is 7.10. The van der Waals surface area contributed by atoms with Crippen LogP contribution in [0.25, 0.3) is 21.8 Å². The van der Waals surface area contributed by atoms with E-state index in [9.17, 15) is 13.6 Å². The minimum atomic E-state index is -0.859. The summed E-state index contributed by atoms with van der Waals surface area (Å²) in [6.45, 7) is 1.92. The first-order valence-corrected chi connectivity index (χ1v) is 8.74. The van der Waals surface area contributed by atoms with Gasteiger partial charge in [0.25, 0.3) is 5.91 Å². The highest BCUT2D eigenvalue weighted by atomic mass is 19.1. The van der Waals surface area contributed by atoms with E-state index in [2.05, 4.69) is 15.3 Å². The van der Waals surface area contributed by atoms with E-state index < -0.39 is 12.1 Å². The van der Waals surface area contributed by atoms with Gasteiger partial charge in [-0.25, -0.2) is 13.8 Å². The van der Waals surface area contributed by atoms with Gasteiger partial charge in [0.2, 0.25) is 0 Å². The van der Waals surface area contributed by atoms with Crippen molar-refractivity contribution >= 4 is 33.5 Å². The van der Waals surface area contributed by atoms with Gasteiger partial charge in [-0.3, -0.25) is 4.79 Å². The number of amides is 1. The number of benzene rings is 1. The maximum absolute atomic E-state index is 14.1. The van der Waals surface area contributed by atoms with Gasteiger partial charge >= 0.3 is 0 Å². The topological polar surface area (TPSA) is 83.8 Å². The number of nitrogens with zero attached hydrogens (tertiary/aromatic N) is 1. The lowest BCUT2D eigenvalue weighted by Crippen LogP contribution is -2.33. The monoisotopic (exact) mass is 358 g/mol. The molecule has 1 fully saturated rings. The number of nitrogens with two attached hydrogens (primary N) is 1. The normalized spacial score (nSPS) is 23.4. The second-order valence-electron chi connectivity index (χ2n) is 7.10. The Morgan fingerprint density at radius 3 is 2.92 bits per heavy atom. The predicted molar refractivity (Wildman–Crippen MR) is 97.4 cm³/mol. The van der Waals surface area contributed by atoms with Crippen LogP contribution in [0.4, 0.5) is 14.6 Å². The van der Waals surface area contributed by atoms with Crippen molar-refractivity contribution in [3.63, 3.8) is 0 Å². The van der Waals surface area contributed by atoms with Crippen LogP contribution in [-0.2, 0) is 0 Å². The lowest BCUT2D eigenvalue weighted by molar-refractivity contribution is 0.100. The number of aromatic amines is 1. The molecule has 2 aromatic heterocycles. The van der Waals surface area contributed by atoms with Gasteiger partial charge in [0.15, 0.2) is 0 Å². The van der Waals surface area contributed by atoms with E-state index in [-0.39, 0.29) is 23.3 Å². The van der Waals surface area contributed by atoms with Crippen LogP contribution in [0.15, 0.2) is 24.4 Å². The average molecular weight is 358 g/mol. The number of nitrogens with one attached hydrogen (secondary N) is 2. The zero-order valence-corrected chi connectivity index (χ0v) is 14.4. The van der Waals surface area contributed by atoms with E-state index in [1.165, 1.54) is 18.3 Å². The molecule has 1 amide bonds. The molecule has 0 radical (unpaired) electrons. The largest absolute Gasteiger partial charge is 0.367 e. The number of anilines is 1. The van der Waals surface area contributed by atoms with Crippen molar-refractivity contribution in [1.82, 2.24) is 9.97 Å². The molecule has 0 bridgehead atoms. The molecule has 1 saturated carbocycles. The summed E-state index contributed by atoms with van der Waals surface area (Å²) < 4.78 is 27.9. The van der Waals surface area contributed by atoms with Gasteiger partial charge in [0.05, 0.1) is 16.5 Å². The molecule has 2 heterocycles. The molecule has 1 aliphatic carbocycles. The number of carbonyl (C=O) groups is 1. The molecule has 3 aromatic rings. The Morgan fingerprint density at radius 2 is 2.19 bits per heavy atom. The van der Waals surface area contributed by atoms with Crippen LogP contribution >= 0.6 is 0 Å². The number of primary amides is 1. The molecule has 0 aliphatic heterocycles. The standard InChI is InChI=1S/C19H20F2N4O/c1-9-2-4-11(7-14(9)21)24-19-16-12-6-10(20)3-5-15(12)25-17(16)13(8-23-19)18(22)26/h3,5-6,8-9,11,14,25H,2,4,7H2,1H3,(H2,22,26)(H,23,24). The lowest BCUT2D eigenvalue weighted by atomic mass is 9.85. The van der Waals surface area contributed by atoms with Gasteiger partial charge in [-0.1, -0.05) is 6.92 Å². The Labute approximate surface area is 149 Å². The van der Waals surface area contributed by atoms with Crippen LogP contribution in [0.5, 0.6) is 0 Å². The summed E-state index contributed by atoms with van der Waals surface area (Å²) in [6.07, 6.45) is 2.57. The molecule has 5 nitrogen and oxygen atoms in total. The van der Waals surface area contributed by atoms with E-state index in [1.54, 1.807) is 6.07 Å². The molecule has 0 spiro atoms. The number of halogens is 2. The Balaban J connectivity index is 1.84. The number of rotatable bonds is 3. The first-order valence-electron chi connectivity index (χ1n) is 8.74. The number of hydrogen-bond acceptors (Lipinski definition) is 3. The van der Waals surface area contributed by atoms with Gasteiger partial charge < -0.3 is 16.0 Å². The molecule has 1 aliphatic rings. The number of hydrogen-bond donors (Lipinski definition) is 3. The summed E-state index contributed by atoms with van der Waals surface area (Å²) in [5, 5.41) is 4.50. The summed E-state index contributed by atoms with van der Waals surface area (Å²) in [4.78, 5) is 19.2. The fraction of sp³-hybridized carbons (Fsp3) is 0.368. The van der Waals surface area contributed by atoms with Crippen molar-refractivity contribution in [1.29, 1.82) is 0 Å². The van der Waals surface area contributed by atoms with Gasteiger partial charge in [-0.05, 0) is 43.4 Å². The van der Waals surface area contributed by atoms with Crippen molar-refractivity contribution in [2.24, 2.45) is 11.7 Å². The summed E-state index contributed by atoms with van der Waals surface area (Å²) in [7, 11) is 0. The van der Waals surface area contributed by atoms with E-state index >= 15 is 0 Å². The lowest BCUT2D eigenvalue weighted by Gasteiger charge is -2.30. The van der Waals surface area contributed by atoms with E-state index in [4.69, 9.17) is 5.73 Å². The summed E-state index contributed by atoms with van der Waals surface area (Å²) >= 11 is 0. The maximum atomic E-state index is 14.1. The highest BCUT2D eigenvalue weighted by Crippen LogP contribution is 2.35. The molecule has 26 heavy (non-hydrogen) atoms. The summed E-state index contributed by atoms with van der Waals surface area (Å²) in [5.74, 6) is -0.436. The number of alkyl halides is 1. The number of carbonyl (C=O) groups excluding carboxylic acids is 1. The molecule has 4 rings (SSSR count). The van der Waals surface area contributed by atoms with E-state index in [1.807, 2.05) is 6.92 Å². The third kappa shape index (κ3) is 2.77. The Kier molecular flexibility index (Phi) is 4.01. The zero-order valence-electron chi connectivity index (χ0n) is 14.4. The minimum Gasteiger partial charge on any atom is -0.367 e. The molecular weight excluding hydrogens is 338 g/mol. The fourth-order valence-electron chi connectivity index (χ4n) is 3.76. The highest BCUT2D eigenvalue weighted by Gasteiger charge is 2.28. The number of fused-ring (bicyclic) bond motifs is 3. The molecule has 3 atom stereocenters. The number of H-pyrrole nitrogens is 1. The Hall–Kier alpha value is -2.70. The van der Waals surface area contributed by atoms with Crippen molar-refractivity contribution in [3.8, 4) is 0 Å². The average Bonchev–Trinajstić information content (AvgIpc) is 2.97. The van der Waals surface area contributed by atoms with Crippen LogP contribution in [0.3, 0.4) is 0 Å². The van der Waals surface area contributed by atoms with Crippen LogP contribution in [0, 0.1) is 11.7 Å². The van der Waals surface area contributed by atoms with E-state index in [0.29, 0.717) is 34.0 Å². The van der Waals surface area contributed by atoms with Gasteiger partial charge in [-0.2, -0.15) is 0 Å². The van der Waals surface area contributed by atoms with Crippen molar-refractivity contribution in [2.75, 3.05) is 5.32 Å². The smallest absolute Gasteiger partial charge is 0.252 e. The fourth-order valence-corrected chi connectivity index (χ4v) is 3.76. The first-order chi connectivity index (χ1) is 12.4. The van der Waals surface area contributed by atoms with Gasteiger partial charge in [0, 0.05) is 23.1 Å². The van der Waals surface area contributed by atoms with Crippen LogP contribution in [0.2, 0.25) is 0 Å². The van der Waals surface area contributed by atoms with Crippen molar-refractivity contribution < 1.29 is 13.6 Å². The number of aromatic nitrogens is 2. The van der Waals surface area contributed by atoms with Crippen LogP contribution in [-0.4, -0.2) is 28.1 Å². The Bertz CT molecular complexity index is 1000. The number of pyridine rings is 1. The van der Waals surface area contributed by atoms with Crippen molar-refractivity contribution in [3.05, 3.63) is 35.8 Å². The quantitative estimate of drug-likeness (QED) is 0.664. The summed E-state index contributed by atoms with van der Waals surface area (Å²) in [5.41, 5.74) is 6.89. The van der Waals surface area contributed by atoms with Gasteiger partial charge in [-0.15, -0.1) is 0 Å². The SMILES string of the molecule is CC1CCC(Nc2ncc(C(N)=O)c3[nH]c4ccc(F)cc4c23)CC1F. The molecule has 136 valence electrons. The second kappa shape index (κ2) is 6.23. The molecule has 3 unspecified atom stereocenters. The Morgan fingerprint density at radius 1 is 1.38 bits per heavy atom. The van der Waals surface area contributed by atoms with Crippen molar-refractivity contribution in [2.45, 2.75) is 38.4 Å². The van der Waals surface area contributed by atoms with Gasteiger partial charge in [0.1, 0.15) is 17.8 Å². The zero-order chi connectivity index (χ0) is 18.4.